The van der Waals surface area contributed by atoms with Crippen molar-refractivity contribution in [2.45, 2.75) is 26.4 Å². The Bertz CT molecular complexity index is 795. The van der Waals surface area contributed by atoms with Crippen molar-refractivity contribution < 1.29 is 17.6 Å². The van der Waals surface area contributed by atoms with Gasteiger partial charge < -0.3 is 10.6 Å². The molecule has 0 fully saturated rings. The van der Waals surface area contributed by atoms with Crippen LogP contribution in [0.15, 0.2) is 30.1 Å². The van der Waals surface area contributed by atoms with Crippen molar-refractivity contribution in [3.05, 3.63) is 41.5 Å². The summed E-state index contributed by atoms with van der Waals surface area (Å²) in [5, 5.41) is 5.75. The van der Waals surface area contributed by atoms with Gasteiger partial charge in [0, 0.05) is 31.1 Å². The van der Waals surface area contributed by atoms with Gasteiger partial charge in [-0.25, -0.2) is 17.6 Å². The standard InChI is InChI=1S/C16H23FN4O3S/c1-5-12-10-20(16(22)18-3)15(19-12)13-8-7-11(17)9-14(13)21(6-2)25(4,23)24/h7-10,15,19H,5-6H2,1-4H3,(H,18,22). The molecule has 1 atom stereocenters. The van der Waals surface area contributed by atoms with Gasteiger partial charge in [0.15, 0.2) is 0 Å². The van der Waals surface area contributed by atoms with Crippen molar-refractivity contribution in [2.75, 3.05) is 24.2 Å². The Morgan fingerprint density at radius 2 is 2.08 bits per heavy atom. The van der Waals surface area contributed by atoms with Crippen LogP contribution in [0.4, 0.5) is 14.9 Å². The van der Waals surface area contributed by atoms with Crippen molar-refractivity contribution in [1.82, 2.24) is 15.5 Å². The number of urea groups is 1. The summed E-state index contributed by atoms with van der Waals surface area (Å²) < 4.78 is 39.2. The number of hydrogen-bond acceptors (Lipinski definition) is 4. The third kappa shape index (κ3) is 3.87. The second kappa shape index (κ2) is 7.30. The van der Waals surface area contributed by atoms with E-state index in [1.54, 1.807) is 13.1 Å². The third-order valence-electron chi connectivity index (χ3n) is 3.97. The maximum Gasteiger partial charge on any atom is 0.323 e. The van der Waals surface area contributed by atoms with E-state index in [0.717, 1.165) is 16.3 Å². The zero-order valence-electron chi connectivity index (χ0n) is 14.7. The van der Waals surface area contributed by atoms with Crippen LogP contribution in [0.3, 0.4) is 0 Å². The first-order valence-corrected chi connectivity index (χ1v) is 9.82. The van der Waals surface area contributed by atoms with Gasteiger partial charge in [0.25, 0.3) is 0 Å². The molecule has 1 heterocycles. The van der Waals surface area contributed by atoms with Gasteiger partial charge in [-0.1, -0.05) is 13.0 Å². The largest absolute Gasteiger partial charge is 0.363 e. The molecular weight excluding hydrogens is 347 g/mol. The van der Waals surface area contributed by atoms with Gasteiger partial charge in [-0.3, -0.25) is 9.21 Å². The first-order valence-electron chi connectivity index (χ1n) is 7.97. The first-order chi connectivity index (χ1) is 11.7. The van der Waals surface area contributed by atoms with Gasteiger partial charge in [-0.05, 0) is 25.5 Å². The average Bonchev–Trinajstić information content (AvgIpc) is 2.98. The highest BCUT2D eigenvalue weighted by Crippen LogP contribution is 2.34. The highest BCUT2D eigenvalue weighted by atomic mass is 32.2. The normalized spacial score (nSPS) is 17.1. The zero-order valence-corrected chi connectivity index (χ0v) is 15.5. The number of nitrogens with zero attached hydrogens (tertiary/aromatic N) is 2. The molecule has 0 radical (unpaired) electrons. The summed E-state index contributed by atoms with van der Waals surface area (Å²) >= 11 is 0. The van der Waals surface area contributed by atoms with E-state index in [4.69, 9.17) is 0 Å². The van der Waals surface area contributed by atoms with Crippen molar-refractivity contribution in [3.63, 3.8) is 0 Å². The van der Waals surface area contributed by atoms with Crippen molar-refractivity contribution in [1.29, 1.82) is 0 Å². The summed E-state index contributed by atoms with van der Waals surface area (Å²) in [5.41, 5.74) is 1.53. The van der Waals surface area contributed by atoms with E-state index in [1.807, 2.05) is 6.92 Å². The molecule has 0 spiro atoms. The minimum absolute atomic E-state index is 0.149. The van der Waals surface area contributed by atoms with Crippen LogP contribution in [-0.4, -0.2) is 39.2 Å². The van der Waals surface area contributed by atoms with Gasteiger partial charge >= 0.3 is 6.03 Å². The smallest absolute Gasteiger partial charge is 0.323 e. The number of halogens is 1. The summed E-state index contributed by atoms with van der Waals surface area (Å²) in [6, 6.07) is 3.58. The summed E-state index contributed by atoms with van der Waals surface area (Å²) in [4.78, 5) is 13.6. The fourth-order valence-corrected chi connectivity index (χ4v) is 3.78. The highest BCUT2D eigenvalue weighted by molar-refractivity contribution is 7.92. The number of benzene rings is 1. The number of sulfonamides is 1. The van der Waals surface area contributed by atoms with Gasteiger partial charge in [-0.2, -0.15) is 0 Å². The third-order valence-corrected chi connectivity index (χ3v) is 5.22. The van der Waals surface area contributed by atoms with Crippen molar-refractivity contribution in [2.24, 2.45) is 0 Å². The van der Waals surface area contributed by atoms with Crippen LogP contribution in [0.25, 0.3) is 0 Å². The molecule has 0 aromatic heterocycles. The molecule has 7 nitrogen and oxygen atoms in total. The van der Waals surface area contributed by atoms with Crippen LogP contribution in [0, 0.1) is 5.82 Å². The Kier molecular flexibility index (Phi) is 5.56. The Morgan fingerprint density at radius 3 is 2.60 bits per heavy atom. The number of anilines is 1. The Morgan fingerprint density at radius 1 is 1.40 bits per heavy atom. The number of carbonyl (C=O) groups excluding carboxylic acids is 1. The summed E-state index contributed by atoms with van der Waals surface area (Å²) in [6.45, 7) is 3.75. The molecule has 1 aromatic rings. The second-order valence-corrected chi connectivity index (χ2v) is 7.55. The number of carbonyl (C=O) groups is 1. The Balaban J connectivity index is 2.57. The van der Waals surface area contributed by atoms with Gasteiger partial charge in [0.1, 0.15) is 12.0 Å². The molecule has 1 aromatic carbocycles. The van der Waals surface area contributed by atoms with Gasteiger partial charge in [0.2, 0.25) is 10.0 Å². The van der Waals surface area contributed by atoms with Crippen LogP contribution >= 0.6 is 0 Å². The second-order valence-electron chi connectivity index (χ2n) is 5.65. The van der Waals surface area contributed by atoms with E-state index in [0.29, 0.717) is 12.0 Å². The maximum absolute atomic E-state index is 13.8. The van der Waals surface area contributed by atoms with E-state index in [9.17, 15) is 17.6 Å². The molecule has 2 N–H and O–H groups in total. The van der Waals surface area contributed by atoms with E-state index < -0.39 is 22.0 Å². The minimum atomic E-state index is -3.60. The molecule has 9 heteroatoms. The van der Waals surface area contributed by atoms with E-state index >= 15 is 0 Å². The van der Waals surface area contributed by atoms with Crippen molar-refractivity contribution in [3.8, 4) is 0 Å². The van der Waals surface area contributed by atoms with Gasteiger partial charge in [0.05, 0.1) is 11.9 Å². The molecule has 1 aliphatic rings. The molecule has 1 unspecified atom stereocenters. The summed E-state index contributed by atoms with van der Waals surface area (Å²) in [7, 11) is -2.08. The van der Waals surface area contributed by atoms with Crippen LogP contribution in [0.1, 0.15) is 32.0 Å². The van der Waals surface area contributed by atoms with Crippen LogP contribution in [0.5, 0.6) is 0 Å². The topological polar surface area (TPSA) is 81.8 Å². The molecule has 0 saturated carbocycles. The lowest BCUT2D eigenvalue weighted by molar-refractivity contribution is 0.203. The van der Waals surface area contributed by atoms with Crippen molar-refractivity contribution >= 4 is 21.7 Å². The Hall–Kier alpha value is -2.29. The predicted octanol–water partition coefficient (Wildman–Crippen LogP) is 2.11. The van der Waals surface area contributed by atoms with Crippen LogP contribution in [0.2, 0.25) is 0 Å². The number of hydrogen-bond donors (Lipinski definition) is 2. The number of rotatable bonds is 5. The fraction of sp³-hybridized carbons (Fsp3) is 0.438. The summed E-state index contributed by atoms with van der Waals surface area (Å²) in [6.07, 6.45) is 2.79. The molecular formula is C16H23FN4O3S. The monoisotopic (exact) mass is 370 g/mol. The van der Waals surface area contributed by atoms with Gasteiger partial charge in [-0.15, -0.1) is 0 Å². The molecule has 2 rings (SSSR count). The quantitative estimate of drug-likeness (QED) is 0.832. The van der Waals surface area contributed by atoms with Crippen LogP contribution in [-0.2, 0) is 10.0 Å². The number of amides is 2. The lowest BCUT2D eigenvalue weighted by Crippen LogP contribution is -2.39. The molecule has 138 valence electrons. The summed E-state index contributed by atoms with van der Waals surface area (Å²) in [5.74, 6) is -0.547. The Labute approximate surface area is 147 Å². The van der Waals surface area contributed by atoms with E-state index in [1.165, 1.54) is 30.1 Å². The molecule has 2 amide bonds. The predicted molar refractivity (Wildman–Crippen MR) is 94.8 cm³/mol. The highest BCUT2D eigenvalue weighted by Gasteiger charge is 2.33. The number of allylic oxidation sites excluding steroid dienone is 1. The maximum atomic E-state index is 13.8. The van der Waals surface area contributed by atoms with E-state index in [-0.39, 0.29) is 18.3 Å². The molecule has 0 aliphatic carbocycles. The van der Waals surface area contributed by atoms with E-state index in [2.05, 4.69) is 10.6 Å². The number of nitrogens with one attached hydrogen (secondary N) is 2. The zero-order chi connectivity index (χ0) is 18.8. The molecule has 0 saturated heterocycles. The van der Waals surface area contributed by atoms with Crippen LogP contribution < -0.4 is 14.9 Å². The lowest BCUT2D eigenvalue weighted by Gasteiger charge is -2.29. The average molecular weight is 370 g/mol. The minimum Gasteiger partial charge on any atom is -0.363 e. The first kappa shape index (κ1) is 19.0. The molecule has 0 bridgehead atoms. The fourth-order valence-electron chi connectivity index (χ4n) is 2.80. The molecule has 1 aliphatic heterocycles. The molecule has 25 heavy (non-hydrogen) atoms. The SMILES string of the molecule is CCC1=CN(C(=O)NC)C(c2ccc(F)cc2N(CC)S(C)(=O)=O)N1. The lowest BCUT2D eigenvalue weighted by atomic mass is 10.1.